The van der Waals surface area contributed by atoms with Gasteiger partial charge in [0.1, 0.15) is 12.2 Å². The largest absolute Gasteiger partial charge is 0.475 e. The summed E-state index contributed by atoms with van der Waals surface area (Å²) in [6.07, 6.45) is 0. The summed E-state index contributed by atoms with van der Waals surface area (Å²) < 4.78 is 5.85. The van der Waals surface area contributed by atoms with E-state index in [2.05, 4.69) is 20.9 Å². The Morgan fingerprint density at radius 3 is 2.93 bits per heavy atom. The summed E-state index contributed by atoms with van der Waals surface area (Å²) in [5, 5.41) is 10.8. The molecule has 1 heterocycles. The minimum absolute atomic E-state index is 0.00465. The van der Waals surface area contributed by atoms with E-state index in [9.17, 15) is 10.1 Å². The molecule has 0 amide bonds. The maximum Gasteiger partial charge on any atom is 0.283 e. The second-order valence-electron chi connectivity index (χ2n) is 2.93. The van der Waals surface area contributed by atoms with Crippen LogP contribution in [0.4, 0.5) is 5.69 Å². The van der Waals surface area contributed by atoms with Crippen LogP contribution < -0.4 is 0 Å². The average Bonchev–Trinajstić information content (AvgIpc) is 2.70. The molecule has 5 nitrogen and oxygen atoms in total. The number of halogens is 1. The molecule has 1 aliphatic rings. The number of hydrogen-bond acceptors (Lipinski definition) is 4. The van der Waals surface area contributed by atoms with Crippen LogP contribution in [0, 0.1) is 10.1 Å². The molecule has 0 N–H and O–H groups in total. The minimum atomic E-state index is -0.440. The number of nitrogens with zero attached hydrogens (tertiary/aromatic N) is 2. The van der Waals surface area contributed by atoms with Gasteiger partial charge in [0, 0.05) is 10.5 Å². The SMILES string of the molecule is O=[N+]([O-])c1cccc(Br)c1C1=NCCO1. The summed E-state index contributed by atoms with van der Waals surface area (Å²) in [6.45, 7) is 1.03. The standard InChI is InChI=1S/C9H7BrN2O3/c10-6-2-1-3-7(12(13)14)8(6)9-11-4-5-15-9/h1-3H,4-5H2. The van der Waals surface area contributed by atoms with Crippen molar-refractivity contribution in [2.75, 3.05) is 13.2 Å². The number of nitro benzene ring substituents is 1. The van der Waals surface area contributed by atoms with Crippen molar-refractivity contribution in [1.82, 2.24) is 0 Å². The zero-order valence-electron chi connectivity index (χ0n) is 7.64. The topological polar surface area (TPSA) is 64.7 Å². The molecule has 0 bridgehead atoms. The van der Waals surface area contributed by atoms with Crippen molar-refractivity contribution in [3.63, 3.8) is 0 Å². The van der Waals surface area contributed by atoms with Crippen molar-refractivity contribution < 1.29 is 9.66 Å². The molecule has 0 aliphatic carbocycles. The minimum Gasteiger partial charge on any atom is -0.475 e. The first-order chi connectivity index (χ1) is 7.20. The van der Waals surface area contributed by atoms with Crippen LogP contribution in [0.5, 0.6) is 0 Å². The van der Waals surface area contributed by atoms with Crippen molar-refractivity contribution in [1.29, 1.82) is 0 Å². The van der Waals surface area contributed by atoms with Crippen LogP contribution in [-0.2, 0) is 4.74 Å². The Hall–Kier alpha value is -1.43. The van der Waals surface area contributed by atoms with Crippen LogP contribution in [-0.4, -0.2) is 24.0 Å². The number of aliphatic imine (C=N–C) groups is 1. The van der Waals surface area contributed by atoms with E-state index in [0.717, 1.165) is 0 Å². The lowest BCUT2D eigenvalue weighted by atomic mass is 10.2. The quantitative estimate of drug-likeness (QED) is 0.611. The third-order valence-corrected chi connectivity index (χ3v) is 2.65. The summed E-state index contributed by atoms with van der Waals surface area (Å²) in [5.41, 5.74) is 0.421. The Balaban J connectivity index is 2.56. The molecule has 0 aromatic heterocycles. The van der Waals surface area contributed by atoms with E-state index >= 15 is 0 Å². The van der Waals surface area contributed by atoms with Gasteiger partial charge < -0.3 is 4.74 Å². The van der Waals surface area contributed by atoms with Gasteiger partial charge in [-0.3, -0.25) is 10.1 Å². The summed E-state index contributed by atoms with van der Waals surface area (Å²) in [7, 11) is 0. The lowest BCUT2D eigenvalue weighted by Crippen LogP contribution is -2.06. The third-order valence-electron chi connectivity index (χ3n) is 1.99. The Morgan fingerprint density at radius 1 is 1.53 bits per heavy atom. The second-order valence-corrected chi connectivity index (χ2v) is 3.78. The van der Waals surface area contributed by atoms with Crippen LogP contribution in [0.25, 0.3) is 0 Å². The Labute approximate surface area is 94.0 Å². The molecule has 1 aromatic rings. The fraction of sp³-hybridized carbons (Fsp3) is 0.222. The van der Waals surface area contributed by atoms with Crippen LogP contribution in [0.3, 0.4) is 0 Å². The lowest BCUT2D eigenvalue weighted by molar-refractivity contribution is -0.385. The van der Waals surface area contributed by atoms with Gasteiger partial charge in [-0.05, 0) is 22.0 Å². The first-order valence-electron chi connectivity index (χ1n) is 4.30. The molecule has 0 saturated carbocycles. The number of hydrogen-bond donors (Lipinski definition) is 0. The summed E-state index contributed by atoms with van der Waals surface area (Å²) in [6, 6.07) is 4.78. The second kappa shape index (κ2) is 3.98. The van der Waals surface area contributed by atoms with Gasteiger partial charge in [-0.1, -0.05) is 6.07 Å². The summed E-state index contributed by atoms with van der Waals surface area (Å²) in [4.78, 5) is 14.4. The summed E-state index contributed by atoms with van der Waals surface area (Å²) in [5.74, 6) is 0.342. The van der Waals surface area contributed by atoms with Crippen LogP contribution in [0.1, 0.15) is 5.56 Å². The van der Waals surface area contributed by atoms with Gasteiger partial charge in [-0.25, -0.2) is 4.99 Å². The van der Waals surface area contributed by atoms with E-state index < -0.39 is 4.92 Å². The Kier molecular flexibility index (Phi) is 2.68. The van der Waals surface area contributed by atoms with E-state index in [0.29, 0.717) is 29.1 Å². The molecular formula is C9H7BrN2O3. The molecule has 0 radical (unpaired) electrons. The Bertz CT molecular complexity index is 445. The highest BCUT2D eigenvalue weighted by atomic mass is 79.9. The van der Waals surface area contributed by atoms with Crippen molar-refractivity contribution in [2.45, 2.75) is 0 Å². The Morgan fingerprint density at radius 2 is 2.33 bits per heavy atom. The average molecular weight is 271 g/mol. The van der Waals surface area contributed by atoms with Gasteiger partial charge >= 0.3 is 0 Å². The molecule has 0 saturated heterocycles. The molecule has 0 spiro atoms. The molecule has 1 aromatic carbocycles. The normalized spacial score (nSPS) is 14.6. The van der Waals surface area contributed by atoms with E-state index in [1.807, 2.05) is 0 Å². The molecule has 1 aliphatic heterocycles. The molecule has 15 heavy (non-hydrogen) atoms. The molecule has 78 valence electrons. The van der Waals surface area contributed by atoms with Crippen LogP contribution >= 0.6 is 15.9 Å². The highest BCUT2D eigenvalue weighted by Gasteiger charge is 2.24. The van der Waals surface area contributed by atoms with E-state index in [-0.39, 0.29) is 5.69 Å². The van der Waals surface area contributed by atoms with Crippen LogP contribution in [0.15, 0.2) is 27.7 Å². The van der Waals surface area contributed by atoms with Gasteiger partial charge in [0.25, 0.3) is 5.69 Å². The maximum atomic E-state index is 10.8. The van der Waals surface area contributed by atoms with Crippen molar-refractivity contribution in [3.05, 3.63) is 38.3 Å². The molecule has 6 heteroatoms. The predicted molar refractivity (Wildman–Crippen MR) is 58.2 cm³/mol. The smallest absolute Gasteiger partial charge is 0.283 e. The zero-order chi connectivity index (χ0) is 10.8. The van der Waals surface area contributed by atoms with E-state index in [4.69, 9.17) is 4.74 Å². The fourth-order valence-corrected chi connectivity index (χ4v) is 1.89. The number of rotatable bonds is 2. The molecule has 2 rings (SSSR count). The fourth-order valence-electron chi connectivity index (χ4n) is 1.36. The van der Waals surface area contributed by atoms with Gasteiger partial charge in [-0.2, -0.15) is 0 Å². The van der Waals surface area contributed by atoms with Crippen molar-refractivity contribution in [3.8, 4) is 0 Å². The number of nitro groups is 1. The highest BCUT2D eigenvalue weighted by Crippen LogP contribution is 2.28. The van der Waals surface area contributed by atoms with Crippen molar-refractivity contribution in [2.24, 2.45) is 4.99 Å². The van der Waals surface area contributed by atoms with Gasteiger partial charge in [-0.15, -0.1) is 0 Å². The third kappa shape index (κ3) is 1.85. The molecule has 0 atom stereocenters. The van der Waals surface area contributed by atoms with E-state index in [1.165, 1.54) is 6.07 Å². The highest BCUT2D eigenvalue weighted by molar-refractivity contribution is 9.10. The zero-order valence-corrected chi connectivity index (χ0v) is 9.23. The van der Waals surface area contributed by atoms with Crippen LogP contribution in [0.2, 0.25) is 0 Å². The van der Waals surface area contributed by atoms with E-state index in [1.54, 1.807) is 12.1 Å². The maximum absolute atomic E-state index is 10.8. The molecule has 0 unspecified atom stereocenters. The predicted octanol–water partition coefficient (Wildman–Crippen LogP) is 2.13. The van der Waals surface area contributed by atoms with Gasteiger partial charge in [0.15, 0.2) is 0 Å². The first kappa shape index (κ1) is 10.1. The van der Waals surface area contributed by atoms with Crippen molar-refractivity contribution >= 4 is 27.5 Å². The number of benzene rings is 1. The monoisotopic (exact) mass is 270 g/mol. The first-order valence-corrected chi connectivity index (χ1v) is 5.10. The lowest BCUT2D eigenvalue weighted by Gasteiger charge is -2.04. The summed E-state index contributed by atoms with van der Waals surface area (Å²) >= 11 is 3.26. The molecular weight excluding hydrogens is 264 g/mol. The molecule has 0 fully saturated rings. The number of ether oxygens (including phenoxy) is 1. The van der Waals surface area contributed by atoms with Gasteiger partial charge in [0.2, 0.25) is 5.90 Å². The van der Waals surface area contributed by atoms with Gasteiger partial charge in [0.05, 0.1) is 11.5 Å².